The van der Waals surface area contributed by atoms with Crippen LogP contribution in [0, 0.1) is 0 Å². The molecule has 1 atom stereocenters. The Bertz CT molecular complexity index is 856. The highest BCUT2D eigenvalue weighted by molar-refractivity contribution is 14.0. The van der Waals surface area contributed by atoms with Crippen LogP contribution < -0.4 is 20.1 Å². The number of aromatic hydroxyl groups is 1. The van der Waals surface area contributed by atoms with E-state index in [1.54, 1.807) is 33.4 Å². The zero-order valence-corrected chi connectivity index (χ0v) is 20.8. The Hall–Kier alpha value is -2.20. The minimum Gasteiger partial charge on any atom is -0.508 e. The molecule has 1 fully saturated rings. The highest BCUT2D eigenvalue weighted by Crippen LogP contribution is 2.31. The van der Waals surface area contributed by atoms with Crippen molar-refractivity contribution in [2.45, 2.75) is 25.4 Å². The van der Waals surface area contributed by atoms with Crippen LogP contribution in [0.25, 0.3) is 0 Å². The van der Waals surface area contributed by atoms with Crippen molar-refractivity contribution in [3.05, 3.63) is 53.6 Å². The molecule has 0 aliphatic carbocycles. The van der Waals surface area contributed by atoms with Crippen molar-refractivity contribution in [1.29, 1.82) is 0 Å². The fraction of sp³-hybridized carbons (Fsp3) is 0.435. The molecule has 1 unspecified atom stereocenters. The summed E-state index contributed by atoms with van der Waals surface area (Å²) < 4.78 is 10.9. The Labute approximate surface area is 201 Å². The van der Waals surface area contributed by atoms with E-state index in [0.717, 1.165) is 24.4 Å². The number of halogens is 1. The number of phenols is 1. The summed E-state index contributed by atoms with van der Waals surface area (Å²) in [6, 6.07) is 13.6. The van der Waals surface area contributed by atoms with Gasteiger partial charge in [-0.15, -0.1) is 24.0 Å². The van der Waals surface area contributed by atoms with Crippen LogP contribution in [0.4, 0.5) is 0 Å². The summed E-state index contributed by atoms with van der Waals surface area (Å²) in [5.74, 6) is 2.51. The predicted molar refractivity (Wildman–Crippen MR) is 135 cm³/mol. The number of hydrogen-bond donors (Lipinski definition) is 3. The highest BCUT2D eigenvalue weighted by atomic mass is 127. The van der Waals surface area contributed by atoms with Gasteiger partial charge in [0.25, 0.3) is 0 Å². The lowest BCUT2D eigenvalue weighted by Crippen LogP contribution is -2.42. The molecule has 1 saturated heterocycles. The summed E-state index contributed by atoms with van der Waals surface area (Å²) in [6.45, 7) is 3.29. The maximum atomic E-state index is 10.1. The molecule has 0 amide bonds. The van der Waals surface area contributed by atoms with Gasteiger partial charge in [-0.25, -0.2) is 0 Å². The molecule has 0 bridgehead atoms. The van der Waals surface area contributed by atoms with E-state index >= 15 is 0 Å². The molecule has 7 nitrogen and oxygen atoms in total. The summed E-state index contributed by atoms with van der Waals surface area (Å²) in [5.41, 5.74) is 1.92. The van der Waals surface area contributed by atoms with Crippen LogP contribution in [0.15, 0.2) is 47.5 Å². The van der Waals surface area contributed by atoms with Crippen LogP contribution >= 0.6 is 24.0 Å². The Morgan fingerprint density at radius 1 is 1.10 bits per heavy atom. The van der Waals surface area contributed by atoms with Crippen LogP contribution in [-0.4, -0.2) is 56.9 Å². The van der Waals surface area contributed by atoms with Crippen LogP contribution in [0.2, 0.25) is 0 Å². The lowest BCUT2D eigenvalue weighted by atomic mass is 10.0. The fourth-order valence-electron chi connectivity index (χ4n) is 3.85. The van der Waals surface area contributed by atoms with Crippen LogP contribution in [0.5, 0.6) is 17.2 Å². The number of para-hydroxylation sites is 1. The second-order valence-electron chi connectivity index (χ2n) is 7.30. The number of hydrogen-bond acceptors (Lipinski definition) is 5. The van der Waals surface area contributed by atoms with Gasteiger partial charge >= 0.3 is 0 Å². The van der Waals surface area contributed by atoms with E-state index in [4.69, 9.17) is 9.47 Å². The Kier molecular flexibility index (Phi) is 10.2. The summed E-state index contributed by atoms with van der Waals surface area (Å²) in [4.78, 5) is 6.83. The van der Waals surface area contributed by atoms with Crippen molar-refractivity contribution < 1.29 is 14.6 Å². The highest BCUT2D eigenvalue weighted by Gasteiger charge is 2.26. The first-order chi connectivity index (χ1) is 14.7. The number of nitrogens with zero attached hydrogens (tertiary/aromatic N) is 2. The second-order valence-corrected chi connectivity index (χ2v) is 7.30. The number of nitrogens with one attached hydrogen (secondary N) is 2. The number of phenolic OH excluding ortho intramolecular Hbond substituents is 1. The zero-order chi connectivity index (χ0) is 21.3. The normalized spacial score (nSPS) is 15.1. The van der Waals surface area contributed by atoms with E-state index in [1.807, 2.05) is 18.2 Å². The summed E-state index contributed by atoms with van der Waals surface area (Å²) >= 11 is 0. The first-order valence-electron chi connectivity index (χ1n) is 10.3. The van der Waals surface area contributed by atoms with E-state index in [-0.39, 0.29) is 35.8 Å². The number of aliphatic imine (C=N–C) groups is 1. The minimum absolute atomic E-state index is 0. The molecule has 2 aromatic rings. The standard InChI is InChI=1S/C23H32N4O3.HI/c1-24-23(25-15-17-14-18(29-2)10-11-21(17)28)26-16-20(27-12-6-7-13-27)19-8-4-5-9-22(19)30-3;/h4-5,8-11,14,20,28H,6-7,12-13,15-16H2,1-3H3,(H2,24,25,26);1H. The fourth-order valence-corrected chi connectivity index (χ4v) is 3.85. The molecule has 0 radical (unpaired) electrons. The monoisotopic (exact) mass is 540 g/mol. The summed E-state index contributed by atoms with van der Waals surface area (Å²) in [6.07, 6.45) is 2.43. The van der Waals surface area contributed by atoms with Crippen molar-refractivity contribution in [2.75, 3.05) is 40.9 Å². The molecule has 170 valence electrons. The molecule has 1 aliphatic heterocycles. The van der Waals surface area contributed by atoms with Gasteiger partial charge in [-0.1, -0.05) is 18.2 Å². The molecule has 1 aliphatic rings. The molecule has 3 rings (SSSR count). The van der Waals surface area contributed by atoms with E-state index in [9.17, 15) is 5.11 Å². The number of likely N-dealkylation sites (tertiary alicyclic amines) is 1. The number of rotatable bonds is 8. The molecule has 3 N–H and O–H groups in total. The molecule has 0 saturated carbocycles. The summed E-state index contributed by atoms with van der Waals surface area (Å²) in [7, 11) is 5.07. The van der Waals surface area contributed by atoms with Gasteiger partial charge in [0.05, 0.1) is 20.3 Å². The van der Waals surface area contributed by atoms with Crippen LogP contribution in [-0.2, 0) is 6.54 Å². The molecule has 31 heavy (non-hydrogen) atoms. The van der Waals surface area contributed by atoms with Gasteiger partial charge in [0.1, 0.15) is 17.2 Å². The van der Waals surface area contributed by atoms with Crippen molar-refractivity contribution in [2.24, 2.45) is 4.99 Å². The summed E-state index contributed by atoms with van der Waals surface area (Å²) in [5, 5.41) is 16.8. The van der Waals surface area contributed by atoms with Crippen molar-refractivity contribution in [3.63, 3.8) is 0 Å². The first-order valence-corrected chi connectivity index (χ1v) is 10.3. The average molecular weight is 540 g/mol. The topological polar surface area (TPSA) is 78.4 Å². The Morgan fingerprint density at radius 3 is 2.52 bits per heavy atom. The molecular formula is C23H33IN4O3. The number of benzene rings is 2. The quantitative estimate of drug-likeness (QED) is 0.270. The Balaban J connectivity index is 0.00000341. The van der Waals surface area contributed by atoms with Gasteiger partial charge in [0.2, 0.25) is 0 Å². The largest absolute Gasteiger partial charge is 0.508 e. The number of guanidine groups is 1. The van der Waals surface area contributed by atoms with E-state index < -0.39 is 0 Å². The lowest BCUT2D eigenvalue weighted by Gasteiger charge is -2.30. The zero-order valence-electron chi connectivity index (χ0n) is 18.4. The second kappa shape index (κ2) is 12.6. The van der Waals surface area contributed by atoms with Crippen LogP contribution in [0.3, 0.4) is 0 Å². The maximum Gasteiger partial charge on any atom is 0.191 e. The molecular weight excluding hydrogens is 507 g/mol. The third-order valence-corrected chi connectivity index (χ3v) is 5.50. The smallest absolute Gasteiger partial charge is 0.191 e. The van der Waals surface area contributed by atoms with Gasteiger partial charge in [0, 0.05) is 31.3 Å². The van der Waals surface area contributed by atoms with Gasteiger partial charge in [-0.05, 0) is 50.2 Å². The maximum absolute atomic E-state index is 10.1. The Morgan fingerprint density at radius 2 is 1.84 bits per heavy atom. The van der Waals surface area contributed by atoms with Gasteiger partial charge < -0.3 is 25.2 Å². The molecule has 2 aromatic carbocycles. The average Bonchev–Trinajstić information content (AvgIpc) is 3.32. The SMILES string of the molecule is CN=C(NCc1cc(OC)ccc1O)NCC(c1ccccc1OC)N1CCCC1.I. The van der Waals surface area contributed by atoms with Gasteiger partial charge in [-0.2, -0.15) is 0 Å². The third-order valence-electron chi connectivity index (χ3n) is 5.50. The van der Waals surface area contributed by atoms with Crippen molar-refractivity contribution >= 4 is 29.9 Å². The van der Waals surface area contributed by atoms with E-state index in [2.05, 4.69) is 32.7 Å². The first kappa shape index (κ1) is 25.1. The predicted octanol–water partition coefficient (Wildman–Crippen LogP) is 3.53. The molecule has 0 spiro atoms. The minimum atomic E-state index is 0. The van der Waals surface area contributed by atoms with Crippen molar-refractivity contribution in [3.8, 4) is 17.2 Å². The molecule has 8 heteroatoms. The third kappa shape index (κ3) is 6.64. The molecule has 1 heterocycles. The van der Waals surface area contributed by atoms with Gasteiger partial charge in [0.15, 0.2) is 5.96 Å². The van der Waals surface area contributed by atoms with Gasteiger partial charge in [-0.3, -0.25) is 9.89 Å². The number of methoxy groups -OCH3 is 2. The van der Waals surface area contributed by atoms with Crippen LogP contribution in [0.1, 0.15) is 30.0 Å². The van der Waals surface area contributed by atoms with E-state index in [1.165, 1.54) is 18.4 Å². The molecule has 0 aromatic heterocycles. The number of ether oxygens (including phenoxy) is 2. The lowest BCUT2D eigenvalue weighted by molar-refractivity contribution is 0.239. The van der Waals surface area contributed by atoms with E-state index in [0.29, 0.717) is 24.8 Å². The van der Waals surface area contributed by atoms with Crippen molar-refractivity contribution in [1.82, 2.24) is 15.5 Å².